The number of unbranched alkanes of at least 4 members (excludes halogenated alkanes) is 2. The third-order valence-electron chi connectivity index (χ3n) is 3.57. The Kier molecular flexibility index (Phi) is 8.67. The van der Waals surface area contributed by atoms with Crippen LogP contribution in [0.4, 0.5) is 0 Å². The van der Waals surface area contributed by atoms with Gasteiger partial charge in [0, 0.05) is 39.3 Å². The van der Waals surface area contributed by atoms with E-state index in [1.807, 2.05) is 0 Å². The van der Waals surface area contributed by atoms with Gasteiger partial charge in [-0.1, -0.05) is 26.7 Å². The van der Waals surface area contributed by atoms with Gasteiger partial charge in [-0.15, -0.1) is 0 Å². The monoisotopic (exact) mass is 241 g/mol. The summed E-state index contributed by atoms with van der Waals surface area (Å²) >= 11 is 0. The summed E-state index contributed by atoms with van der Waals surface area (Å²) in [5.41, 5.74) is 0. The Labute approximate surface area is 108 Å². The number of nitrogens with zero attached hydrogens (tertiary/aromatic N) is 2. The van der Waals surface area contributed by atoms with E-state index >= 15 is 0 Å². The van der Waals surface area contributed by atoms with Crippen LogP contribution in [-0.2, 0) is 0 Å². The minimum Gasteiger partial charge on any atom is -0.315 e. The molecule has 3 nitrogen and oxygen atoms in total. The van der Waals surface area contributed by atoms with Crippen LogP contribution in [0.2, 0.25) is 0 Å². The van der Waals surface area contributed by atoms with Crippen molar-refractivity contribution in [1.82, 2.24) is 15.1 Å². The van der Waals surface area contributed by atoms with Gasteiger partial charge in [-0.05, 0) is 25.9 Å². The zero-order chi connectivity index (χ0) is 12.3. The fraction of sp³-hybridized carbons (Fsp3) is 1.00. The van der Waals surface area contributed by atoms with Gasteiger partial charge in [0.25, 0.3) is 0 Å². The van der Waals surface area contributed by atoms with Crippen molar-refractivity contribution < 1.29 is 0 Å². The Morgan fingerprint density at radius 1 is 0.765 bits per heavy atom. The Hall–Kier alpha value is -0.120. The third-order valence-corrected chi connectivity index (χ3v) is 3.57. The lowest BCUT2D eigenvalue weighted by atomic mass is 10.2. The second-order valence-corrected chi connectivity index (χ2v) is 5.14. The third kappa shape index (κ3) is 7.02. The molecule has 0 amide bonds. The zero-order valence-electron chi connectivity index (χ0n) is 11.9. The predicted octanol–water partition coefficient (Wildman–Crippen LogP) is 1.79. The molecule has 0 radical (unpaired) electrons. The molecule has 0 spiro atoms. The summed E-state index contributed by atoms with van der Waals surface area (Å²) in [6, 6.07) is 0. The Morgan fingerprint density at radius 2 is 1.41 bits per heavy atom. The predicted molar refractivity (Wildman–Crippen MR) is 75.6 cm³/mol. The van der Waals surface area contributed by atoms with Gasteiger partial charge in [0.2, 0.25) is 0 Å². The van der Waals surface area contributed by atoms with Crippen LogP contribution in [0.3, 0.4) is 0 Å². The maximum Gasteiger partial charge on any atom is 0.0110 e. The van der Waals surface area contributed by atoms with Crippen LogP contribution in [-0.4, -0.2) is 62.2 Å². The summed E-state index contributed by atoms with van der Waals surface area (Å²) in [4.78, 5) is 5.18. The molecular formula is C14H31N3. The molecule has 1 aliphatic rings. The molecule has 0 aromatic heterocycles. The molecule has 0 unspecified atom stereocenters. The van der Waals surface area contributed by atoms with E-state index in [-0.39, 0.29) is 0 Å². The van der Waals surface area contributed by atoms with Gasteiger partial charge >= 0.3 is 0 Å². The highest BCUT2D eigenvalue weighted by molar-refractivity contribution is 4.71. The maximum atomic E-state index is 3.55. The SMILES string of the molecule is CCCCCNCCN1CCN(CCC)CC1. The van der Waals surface area contributed by atoms with Gasteiger partial charge in [-0.3, -0.25) is 4.90 Å². The van der Waals surface area contributed by atoms with Gasteiger partial charge in [0.1, 0.15) is 0 Å². The summed E-state index contributed by atoms with van der Waals surface area (Å²) < 4.78 is 0. The summed E-state index contributed by atoms with van der Waals surface area (Å²) in [5.74, 6) is 0. The lowest BCUT2D eigenvalue weighted by molar-refractivity contribution is 0.133. The average Bonchev–Trinajstić information content (AvgIpc) is 2.36. The molecule has 0 aromatic rings. The quantitative estimate of drug-likeness (QED) is 0.621. The number of hydrogen-bond acceptors (Lipinski definition) is 3. The minimum atomic E-state index is 1.16. The van der Waals surface area contributed by atoms with Crippen LogP contribution < -0.4 is 5.32 Å². The Morgan fingerprint density at radius 3 is 2.00 bits per heavy atom. The molecule has 1 fully saturated rings. The van der Waals surface area contributed by atoms with E-state index in [4.69, 9.17) is 0 Å². The van der Waals surface area contributed by atoms with Crippen molar-refractivity contribution in [1.29, 1.82) is 0 Å². The van der Waals surface area contributed by atoms with Gasteiger partial charge in [0.15, 0.2) is 0 Å². The largest absolute Gasteiger partial charge is 0.315 e. The van der Waals surface area contributed by atoms with E-state index < -0.39 is 0 Å². The zero-order valence-corrected chi connectivity index (χ0v) is 11.9. The van der Waals surface area contributed by atoms with E-state index in [1.54, 1.807) is 0 Å². The van der Waals surface area contributed by atoms with Crippen molar-refractivity contribution in [2.24, 2.45) is 0 Å². The molecule has 1 rings (SSSR count). The number of rotatable bonds is 9. The summed E-state index contributed by atoms with van der Waals surface area (Å²) in [5, 5.41) is 3.55. The van der Waals surface area contributed by atoms with Gasteiger partial charge in [-0.25, -0.2) is 0 Å². The van der Waals surface area contributed by atoms with E-state index in [0.29, 0.717) is 0 Å². The fourth-order valence-corrected chi connectivity index (χ4v) is 2.41. The first-order valence-corrected chi connectivity index (χ1v) is 7.52. The second-order valence-electron chi connectivity index (χ2n) is 5.14. The fourth-order valence-electron chi connectivity index (χ4n) is 2.41. The average molecular weight is 241 g/mol. The number of nitrogens with one attached hydrogen (secondary N) is 1. The van der Waals surface area contributed by atoms with Crippen molar-refractivity contribution in [3.05, 3.63) is 0 Å². The van der Waals surface area contributed by atoms with Gasteiger partial charge in [0.05, 0.1) is 0 Å². The van der Waals surface area contributed by atoms with Gasteiger partial charge in [-0.2, -0.15) is 0 Å². The highest BCUT2D eigenvalue weighted by atomic mass is 15.3. The van der Waals surface area contributed by atoms with Crippen LogP contribution in [0.25, 0.3) is 0 Å². The molecule has 0 saturated carbocycles. The topological polar surface area (TPSA) is 18.5 Å². The summed E-state index contributed by atoms with van der Waals surface area (Å²) in [7, 11) is 0. The summed E-state index contributed by atoms with van der Waals surface area (Å²) in [6.07, 6.45) is 5.31. The molecule has 0 atom stereocenters. The van der Waals surface area contributed by atoms with Crippen LogP contribution in [0.5, 0.6) is 0 Å². The van der Waals surface area contributed by atoms with Crippen LogP contribution in [0, 0.1) is 0 Å². The highest BCUT2D eigenvalue weighted by Crippen LogP contribution is 2.01. The molecule has 0 aliphatic carbocycles. The first-order valence-electron chi connectivity index (χ1n) is 7.52. The van der Waals surface area contributed by atoms with Crippen LogP contribution >= 0.6 is 0 Å². The number of piperazine rings is 1. The lowest BCUT2D eigenvalue weighted by Crippen LogP contribution is -2.48. The van der Waals surface area contributed by atoms with E-state index in [9.17, 15) is 0 Å². The van der Waals surface area contributed by atoms with Gasteiger partial charge < -0.3 is 10.2 Å². The Balaban J connectivity index is 1.91. The van der Waals surface area contributed by atoms with Crippen molar-refractivity contribution in [2.45, 2.75) is 39.5 Å². The van der Waals surface area contributed by atoms with Crippen molar-refractivity contribution in [3.8, 4) is 0 Å². The first kappa shape index (κ1) is 14.9. The van der Waals surface area contributed by atoms with Crippen LogP contribution in [0.1, 0.15) is 39.5 Å². The molecular weight excluding hydrogens is 210 g/mol. The second kappa shape index (κ2) is 9.86. The molecule has 0 aromatic carbocycles. The molecule has 17 heavy (non-hydrogen) atoms. The molecule has 1 N–H and O–H groups in total. The molecule has 3 heteroatoms. The van der Waals surface area contributed by atoms with E-state index in [0.717, 1.165) is 6.54 Å². The van der Waals surface area contributed by atoms with Crippen molar-refractivity contribution in [2.75, 3.05) is 52.4 Å². The van der Waals surface area contributed by atoms with Crippen LogP contribution in [0.15, 0.2) is 0 Å². The normalized spacial score (nSPS) is 18.7. The highest BCUT2D eigenvalue weighted by Gasteiger charge is 2.14. The van der Waals surface area contributed by atoms with E-state index in [1.165, 1.54) is 71.5 Å². The number of hydrogen-bond donors (Lipinski definition) is 1. The first-order chi connectivity index (χ1) is 8.36. The van der Waals surface area contributed by atoms with Crippen molar-refractivity contribution in [3.63, 3.8) is 0 Å². The van der Waals surface area contributed by atoms with E-state index in [2.05, 4.69) is 29.0 Å². The maximum absolute atomic E-state index is 3.55. The molecule has 1 aliphatic heterocycles. The lowest BCUT2D eigenvalue weighted by Gasteiger charge is -2.34. The molecule has 1 heterocycles. The molecule has 1 saturated heterocycles. The smallest absolute Gasteiger partial charge is 0.0110 e. The minimum absolute atomic E-state index is 1.16. The molecule has 0 bridgehead atoms. The Bertz CT molecular complexity index is 165. The standard InChI is InChI=1S/C14H31N3/c1-3-5-6-7-15-8-10-17-13-11-16(9-4-2)12-14-17/h15H,3-14H2,1-2H3. The summed E-state index contributed by atoms with van der Waals surface area (Å²) in [6.45, 7) is 14.5. The van der Waals surface area contributed by atoms with Crippen molar-refractivity contribution >= 4 is 0 Å². The molecule has 102 valence electrons.